The quantitative estimate of drug-likeness (QED) is 0.0211. The maximum absolute atomic E-state index is 13.0. The predicted octanol–water partition coefficient (Wildman–Crippen LogP) is 25.6. The number of esters is 2. The number of allylic oxidation sites excluding steroid dienone is 26. The second-order valence-corrected chi connectivity index (χ2v) is 27.3. The number of ether oxygens (including phenoxy) is 4. The van der Waals surface area contributed by atoms with Crippen molar-refractivity contribution in [1.29, 1.82) is 0 Å². The molecule has 0 aliphatic rings. The van der Waals surface area contributed by atoms with Gasteiger partial charge in [-0.25, -0.2) is 4.79 Å². The van der Waals surface area contributed by atoms with E-state index >= 15 is 0 Å². The number of hydrogen-bond donors (Lipinski definition) is 1. The minimum Gasteiger partial charge on any atom is -0.477 e. The summed E-state index contributed by atoms with van der Waals surface area (Å²) in [4.78, 5) is 37.7. The van der Waals surface area contributed by atoms with Crippen molar-refractivity contribution in [3.63, 3.8) is 0 Å². The van der Waals surface area contributed by atoms with Gasteiger partial charge < -0.3 is 28.5 Å². The number of carboxylic acid groups (broad SMARTS) is 1. The van der Waals surface area contributed by atoms with Gasteiger partial charge in [-0.05, 0) is 122 Å². The van der Waals surface area contributed by atoms with Gasteiger partial charge in [0.15, 0.2) is 6.10 Å². The fraction of sp³-hybridized carbons (Fsp3) is 0.670. The zero-order chi connectivity index (χ0) is 70.4. The monoisotopic (exact) mass is 1350 g/mol. The number of hydrogen-bond acceptors (Lipinski definition) is 7. The smallest absolute Gasteiger partial charge is 0.361 e. The Morgan fingerprint density at radius 3 is 0.825 bits per heavy atom. The molecule has 0 amide bonds. The molecular weight excluding hydrogens is 1200 g/mol. The molecular formula is C88H148NO8+. The summed E-state index contributed by atoms with van der Waals surface area (Å²) in [6.45, 7) is 4.67. The summed E-state index contributed by atoms with van der Waals surface area (Å²) in [5.74, 6) is -2.00. The van der Waals surface area contributed by atoms with Crippen molar-refractivity contribution >= 4 is 17.9 Å². The third-order valence-corrected chi connectivity index (χ3v) is 16.8. The van der Waals surface area contributed by atoms with Gasteiger partial charge in [-0.2, -0.15) is 0 Å². The fourth-order valence-corrected chi connectivity index (χ4v) is 10.8. The van der Waals surface area contributed by atoms with E-state index in [2.05, 4.69) is 172 Å². The van der Waals surface area contributed by atoms with E-state index in [4.69, 9.17) is 18.9 Å². The number of carbonyl (C=O) groups excluding carboxylic acids is 2. The van der Waals surface area contributed by atoms with Crippen LogP contribution in [-0.2, 0) is 33.3 Å². The molecule has 9 heteroatoms. The summed E-state index contributed by atoms with van der Waals surface area (Å²) >= 11 is 0. The van der Waals surface area contributed by atoms with E-state index in [1.54, 1.807) is 0 Å². The molecule has 0 aromatic heterocycles. The molecule has 0 aromatic rings. The SMILES string of the molecule is CC/C=C\C/C=C\C/C=C\C/C=C\C/C=C\C/C=C\C/C=C\C/C=C\C/C=C\CCCCCCCCCCCCCCCC(=O)OC(COC(=O)CCCCCCCCCCCCCCCCCCCC/C=C\C/C=C\C/C=C\C/C=C\CC)COC(OCC[N+](C)(C)C)C(=O)O. The van der Waals surface area contributed by atoms with E-state index < -0.39 is 24.3 Å². The van der Waals surface area contributed by atoms with Crippen molar-refractivity contribution in [2.75, 3.05) is 47.5 Å². The van der Waals surface area contributed by atoms with Crippen LogP contribution in [-0.4, -0.2) is 87.4 Å². The van der Waals surface area contributed by atoms with Crippen LogP contribution in [0.5, 0.6) is 0 Å². The van der Waals surface area contributed by atoms with E-state index in [9.17, 15) is 19.5 Å². The molecule has 0 heterocycles. The van der Waals surface area contributed by atoms with Crippen molar-refractivity contribution in [2.24, 2.45) is 0 Å². The molecule has 1 N–H and O–H groups in total. The Hall–Kier alpha value is -5.09. The zero-order valence-corrected chi connectivity index (χ0v) is 63.2. The van der Waals surface area contributed by atoms with E-state index in [0.29, 0.717) is 23.9 Å². The topological polar surface area (TPSA) is 108 Å². The van der Waals surface area contributed by atoms with Crippen molar-refractivity contribution in [2.45, 2.75) is 334 Å². The molecule has 0 bridgehead atoms. The van der Waals surface area contributed by atoms with Gasteiger partial charge in [0, 0.05) is 12.8 Å². The normalized spacial score (nSPS) is 13.5. The Labute approximate surface area is 597 Å². The van der Waals surface area contributed by atoms with Gasteiger partial charge in [0.05, 0.1) is 34.4 Å². The Morgan fingerprint density at radius 1 is 0.309 bits per heavy atom. The number of unbranched alkanes of at least 4 members (excludes halogenated alkanes) is 31. The summed E-state index contributed by atoms with van der Waals surface area (Å²) < 4.78 is 23.0. The highest BCUT2D eigenvalue weighted by Crippen LogP contribution is 2.18. The van der Waals surface area contributed by atoms with Crippen LogP contribution in [0.3, 0.4) is 0 Å². The molecule has 0 aliphatic heterocycles. The lowest BCUT2D eigenvalue weighted by atomic mass is 10.0. The van der Waals surface area contributed by atoms with Gasteiger partial charge in [0.1, 0.15) is 13.2 Å². The predicted molar refractivity (Wildman–Crippen MR) is 419 cm³/mol. The number of rotatable bonds is 72. The Balaban J connectivity index is 4.07. The molecule has 0 saturated heterocycles. The van der Waals surface area contributed by atoms with Crippen molar-refractivity contribution in [3.05, 3.63) is 158 Å². The summed E-state index contributed by atoms with van der Waals surface area (Å²) in [5, 5.41) is 9.78. The third-order valence-electron chi connectivity index (χ3n) is 16.8. The standard InChI is InChI=1S/C88H147NO8/c1-6-8-10-12-14-16-18-20-22-24-26-28-30-32-34-36-38-39-40-41-42-43-44-45-46-47-49-51-53-55-57-59-61-63-65-67-69-71-73-75-77-79-86(91)97-84(83-96-88(87(92)93)94-81-80-89(3,4)5)82-95-85(90)78-76-74-72-70-68-66-64-62-60-58-56-54-52-50-48-37-35-33-31-29-27-25-23-21-19-17-15-13-11-9-7-2/h8-11,14-17,20-23,26-29,32,34,38-39,41-42,44-45,47,49,84,88H,6-7,12-13,18-19,24-25,30-31,33,35-37,40,43,46,48,50-83H2,1-5H3/p+1/b10-8-,11-9-,16-14-,17-15-,22-20-,23-21-,28-26-,29-27-,34-32-,39-38-,42-41-,45-44-,49-47-. The first-order valence-electron chi connectivity index (χ1n) is 39.6. The highest BCUT2D eigenvalue weighted by atomic mass is 16.7. The Bertz CT molecular complexity index is 2160. The van der Waals surface area contributed by atoms with E-state index in [-0.39, 0.29) is 32.2 Å². The summed E-state index contributed by atoms with van der Waals surface area (Å²) in [7, 11) is 5.98. The van der Waals surface area contributed by atoms with Crippen molar-refractivity contribution < 1.29 is 42.9 Å². The van der Waals surface area contributed by atoms with Crippen LogP contribution in [0, 0.1) is 0 Å². The van der Waals surface area contributed by atoms with Crippen molar-refractivity contribution in [3.8, 4) is 0 Å². The minimum atomic E-state index is -1.52. The molecule has 0 spiro atoms. The molecule has 2 unspecified atom stereocenters. The molecule has 0 fully saturated rings. The van der Waals surface area contributed by atoms with E-state index in [1.807, 2.05) is 21.1 Å². The van der Waals surface area contributed by atoms with E-state index in [1.165, 1.54) is 167 Å². The van der Waals surface area contributed by atoms with Crippen molar-refractivity contribution in [1.82, 2.24) is 0 Å². The van der Waals surface area contributed by atoms with Gasteiger partial charge in [0.25, 0.3) is 6.29 Å². The first kappa shape index (κ1) is 91.9. The summed E-state index contributed by atoms with van der Waals surface area (Å²) in [6.07, 6.45) is 111. The first-order chi connectivity index (χ1) is 47.6. The summed E-state index contributed by atoms with van der Waals surface area (Å²) in [5.41, 5.74) is 0. The zero-order valence-electron chi connectivity index (χ0n) is 63.2. The molecule has 0 aliphatic carbocycles. The Kier molecular flexibility index (Phi) is 72.6. The van der Waals surface area contributed by atoms with Crippen LogP contribution in [0.15, 0.2) is 158 Å². The number of carboxylic acids is 1. The number of quaternary nitrogens is 1. The largest absolute Gasteiger partial charge is 0.477 e. The maximum atomic E-state index is 13.0. The van der Waals surface area contributed by atoms with Crippen LogP contribution < -0.4 is 0 Å². The third kappa shape index (κ3) is 78.1. The van der Waals surface area contributed by atoms with Crippen LogP contribution in [0.25, 0.3) is 0 Å². The highest BCUT2D eigenvalue weighted by molar-refractivity contribution is 5.71. The maximum Gasteiger partial charge on any atom is 0.361 e. The summed E-state index contributed by atoms with van der Waals surface area (Å²) in [6, 6.07) is 0. The second-order valence-electron chi connectivity index (χ2n) is 27.3. The van der Waals surface area contributed by atoms with Crippen LogP contribution >= 0.6 is 0 Å². The lowest BCUT2D eigenvalue weighted by Crippen LogP contribution is -2.40. The molecule has 0 rings (SSSR count). The van der Waals surface area contributed by atoms with Crippen LogP contribution in [0.4, 0.5) is 0 Å². The van der Waals surface area contributed by atoms with Crippen LogP contribution in [0.2, 0.25) is 0 Å². The highest BCUT2D eigenvalue weighted by Gasteiger charge is 2.25. The van der Waals surface area contributed by atoms with Gasteiger partial charge in [-0.3, -0.25) is 9.59 Å². The van der Waals surface area contributed by atoms with E-state index in [0.717, 1.165) is 122 Å². The number of likely N-dealkylation sites (N-methyl/N-ethyl adjacent to an activating group) is 1. The number of aliphatic carboxylic acids is 1. The van der Waals surface area contributed by atoms with Gasteiger partial charge in [0.2, 0.25) is 0 Å². The molecule has 9 nitrogen and oxygen atoms in total. The fourth-order valence-electron chi connectivity index (χ4n) is 10.8. The lowest BCUT2D eigenvalue weighted by molar-refractivity contribution is -0.870. The second kappa shape index (κ2) is 76.7. The van der Waals surface area contributed by atoms with Gasteiger partial charge in [-0.15, -0.1) is 0 Å². The van der Waals surface area contributed by atoms with Gasteiger partial charge in [-0.1, -0.05) is 345 Å². The average Bonchev–Trinajstić information content (AvgIpc) is 3.27. The molecule has 97 heavy (non-hydrogen) atoms. The Morgan fingerprint density at radius 2 is 0.557 bits per heavy atom. The number of carbonyl (C=O) groups is 3. The van der Waals surface area contributed by atoms with Gasteiger partial charge >= 0.3 is 17.9 Å². The molecule has 2 atom stereocenters. The molecule has 0 aromatic carbocycles. The number of nitrogens with zero attached hydrogens (tertiary/aromatic N) is 1. The molecule has 0 radical (unpaired) electrons. The average molecular weight is 1350 g/mol. The first-order valence-corrected chi connectivity index (χ1v) is 39.6. The lowest BCUT2D eigenvalue weighted by Gasteiger charge is -2.25. The molecule has 552 valence electrons. The minimum absolute atomic E-state index is 0.183. The van der Waals surface area contributed by atoms with Crippen LogP contribution in [0.1, 0.15) is 322 Å². The molecule has 0 saturated carbocycles.